The SMILES string of the molecule is CC(Nc1nc(C(F)(F)F)nc2nc[nH]c12)c1cccc(O)c1. The molecule has 0 saturated carbocycles. The third-order valence-electron chi connectivity index (χ3n) is 3.26. The molecule has 3 N–H and O–H groups in total. The van der Waals surface area contributed by atoms with E-state index in [1.54, 1.807) is 19.1 Å². The van der Waals surface area contributed by atoms with Crippen molar-refractivity contribution in [3.8, 4) is 5.75 Å². The van der Waals surface area contributed by atoms with E-state index in [1.807, 2.05) is 0 Å². The largest absolute Gasteiger partial charge is 0.508 e. The van der Waals surface area contributed by atoms with E-state index in [0.717, 1.165) is 0 Å². The molecule has 0 fully saturated rings. The topological polar surface area (TPSA) is 86.7 Å². The fourth-order valence-corrected chi connectivity index (χ4v) is 2.15. The van der Waals surface area contributed by atoms with E-state index in [1.165, 1.54) is 18.5 Å². The highest BCUT2D eigenvalue weighted by Crippen LogP contribution is 2.30. The molecule has 1 aromatic carbocycles. The summed E-state index contributed by atoms with van der Waals surface area (Å²) in [6, 6.07) is 6.04. The Bertz CT molecular complexity index is 846. The number of hydrogen-bond donors (Lipinski definition) is 3. The molecule has 1 unspecified atom stereocenters. The molecule has 0 bridgehead atoms. The van der Waals surface area contributed by atoms with Crippen LogP contribution >= 0.6 is 0 Å². The van der Waals surface area contributed by atoms with Gasteiger partial charge in [0.05, 0.1) is 12.4 Å². The van der Waals surface area contributed by atoms with Gasteiger partial charge >= 0.3 is 6.18 Å². The number of H-pyrrole nitrogens is 1. The summed E-state index contributed by atoms with van der Waals surface area (Å²) >= 11 is 0. The fourth-order valence-electron chi connectivity index (χ4n) is 2.15. The molecule has 6 nitrogen and oxygen atoms in total. The van der Waals surface area contributed by atoms with E-state index in [9.17, 15) is 18.3 Å². The van der Waals surface area contributed by atoms with Crippen molar-refractivity contribution < 1.29 is 18.3 Å². The minimum Gasteiger partial charge on any atom is -0.508 e. The van der Waals surface area contributed by atoms with E-state index >= 15 is 0 Å². The second-order valence-electron chi connectivity index (χ2n) is 4.96. The lowest BCUT2D eigenvalue weighted by Gasteiger charge is -2.16. The standard InChI is InChI=1S/C14H12F3N5O/c1-7(8-3-2-4-9(23)5-8)20-12-10-11(19-6-18-10)21-13(22-12)14(15,16)17/h2-7,23H,1H3,(H2,18,19,20,21,22). The van der Waals surface area contributed by atoms with Crippen molar-refractivity contribution in [2.75, 3.05) is 5.32 Å². The Morgan fingerprint density at radius 2 is 2.04 bits per heavy atom. The molecule has 23 heavy (non-hydrogen) atoms. The van der Waals surface area contributed by atoms with Crippen LogP contribution in [0.3, 0.4) is 0 Å². The number of aromatic hydroxyl groups is 1. The predicted octanol–water partition coefficient (Wildman–Crippen LogP) is 3.25. The summed E-state index contributed by atoms with van der Waals surface area (Å²) in [6.07, 6.45) is -3.42. The van der Waals surface area contributed by atoms with Crippen LogP contribution in [0.1, 0.15) is 24.4 Å². The number of aromatic amines is 1. The fraction of sp³-hybridized carbons (Fsp3) is 0.214. The highest BCUT2D eigenvalue weighted by atomic mass is 19.4. The number of phenols is 1. The molecular weight excluding hydrogens is 311 g/mol. The predicted molar refractivity (Wildman–Crippen MR) is 76.8 cm³/mol. The Labute approximate surface area is 128 Å². The van der Waals surface area contributed by atoms with Crippen molar-refractivity contribution in [2.24, 2.45) is 0 Å². The molecule has 2 aromatic heterocycles. The molecule has 3 aromatic rings. The second-order valence-corrected chi connectivity index (χ2v) is 4.96. The summed E-state index contributed by atoms with van der Waals surface area (Å²) in [7, 11) is 0. The lowest BCUT2D eigenvalue weighted by Crippen LogP contribution is -2.15. The van der Waals surface area contributed by atoms with E-state index in [0.29, 0.717) is 5.56 Å². The van der Waals surface area contributed by atoms with Crippen LogP contribution in [-0.2, 0) is 6.18 Å². The van der Waals surface area contributed by atoms with Crippen molar-refractivity contribution >= 4 is 17.0 Å². The molecule has 0 radical (unpaired) electrons. The first kappa shape index (κ1) is 15.1. The van der Waals surface area contributed by atoms with Crippen molar-refractivity contribution in [3.63, 3.8) is 0 Å². The van der Waals surface area contributed by atoms with Gasteiger partial charge in [-0.2, -0.15) is 13.2 Å². The minimum atomic E-state index is -4.67. The molecular formula is C14H12F3N5O. The molecule has 0 aliphatic rings. The minimum absolute atomic E-state index is 0.00401. The lowest BCUT2D eigenvalue weighted by molar-refractivity contribution is -0.144. The summed E-state index contributed by atoms with van der Waals surface area (Å²) in [4.78, 5) is 13.4. The molecule has 0 saturated heterocycles. The molecule has 0 aliphatic carbocycles. The molecule has 3 rings (SSSR count). The van der Waals surface area contributed by atoms with E-state index in [4.69, 9.17) is 0 Å². The summed E-state index contributed by atoms with van der Waals surface area (Å²) in [5.74, 6) is -1.19. The van der Waals surface area contributed by atoms with E-state index < -0.39 is 12.0 Å². The van der Waals surface area contributed by atoms with Crippen LogP contribution in [0.5, 0.6) is 5.75 Å². The number of nitrogens with one attached hydrogen (secondary N) is 2. The smallest absolute Gasteiger partial charge is 0.451 e. The van der Waals surface area contributed by atoms with Gasteiger partial charge in [-0.1, -0.05) is 12.1 Å². The highest BCUT2D eigenvalue weighted by molar-refractivity contribution is 5.82. The van der Waals surface area contributed by atoms with Crippen LogP contribution in [0.4, 0.5) is 19.0 Å². The van der Waals surface area contributed by atoms with Crippen LogP contribution in [0.2, 0.25) is 0 Å². The number of hydrogen-bond acceptors (Lipinski definition) is 5. The van der Waals surface area contributed by atoms with Crippen LogP contribution in [0.25, 0.3) is 11.2 Å². The first-order valence-corrected chi connectivity index (χ1v) is 6.68. The van der Waals surface area contributed by atoms with Gasteiger partial charge in [-0.05, 0) is 24.6 Å². The van der Waals surface area contributed by atoms with Gasteiger partial charge in [0.25, 0.3) is 0 Å². The average Bonchev–Trinajstić information content (AvgIpc) is 2.95. The maximum atomic E-state index is 12.9. The Balaban J connectivity index is 2.00. The summed E-state index contributed by atoms with van der Waals surface area (Å²) < 4.78 is 38.7. The number of anilines is 1. The molecule has 0 amide bonds. The van der Waals surface area contributed by atoms with Gasteiger partial charge in [-0.15, -0.1) is 0 Å². The number of nitrogens with zero attached hydrogens (tertiary/aromatic N) is 3. The van der Waals surface area contributed by atoms with Gasteiger partial charge in [-0.3, -0.25) is 0 Å². The van der Waals surface area contributed by atoms with E-state index in [2.05, 4.69) is 25.3 Å². The molecule has 2 heterocycles. The van der Waals surface area contributed by atoms with Crippen molar-refractivity contribution in [1.29, 1.82) is 0 Å². The average molecular weight is 323 g/mol. The quantitative estimate of drug-likeness (QED) is 0.689. The third-order valence-corrected chi connectivity index (χ3v) is 3.26. The lowest BCUT2D eigenvalue weighted by atomic mass is 10.1. The molecule has 9 heteroatoms. The number of benzene rings is 1. The number of alkyl halides is 3. The second kappa shape index (κ2) is 5.41. The van der Waals surface area contributed by atoms with Gasteiger partial charge < -0.3 is 15.4 Å². The number of aromatic nitrogens is 4. The summed E-state index contributed by atoms with van der Waals surface area (Å²) in [5, 5.41) is 12.4. The number of imidazole rings is 1. The zero-order valence-electron chi connectivity index (χ0n) is 11.9. The van der Waals surface area contributed by atoms with Crippen molar-refractivity contribution in [2.45, 2.75) is 19.1 Å². The highest BCUT2D eigenvalue weighted by Gasteiger charge is 2.36. The van der Waals surface area contributed by atoms with Gasteiger partial charge in [0, 0.05) is 0 Å². The van der Waals surface area contributed by atoms with Gasteiger partial charge in [0.15, 0.2) is 11.5 Å². The molecule has 0 spiro atoms. The van der Waals surface area contributed by atoms with Gasteiger partial charge in [0.1, 0.15) is 11.3 Å². The first-order chi connectivity index (χ1) is 10.8. The van der Waals surface area contributed by atoms with Crippen LogP contribution < -0.4 is 5.32 Å². The normalized spacial score (nSPS) is 13.2. The molecule has 1 atom stereocenters. The van der Waals surface area contributed by atoms with E-state index in [-0.39, 0.29) is 28.8 Å². The molecule has 120 valence electrons. The Morgan fingerprint density at radius 3 is 2.74 bits per heavy atom. The van der Waals surface area contributed by atoms with Crippen molar-refractivity contribution in [3.05, 3.63) is 42.0 Å². The zero-order chi connectivity index (χ0) is 16.6. The Hall–Kier alpha value is -2.84. The Kier molecular flexibility index (Phi) is 3.55. The Morgan fingerprint density at radius 1 is 1.26 bits per heavy atom. The molecule has 0 aliphatic heterocycles. The first-order valence-electron chi connectivity index (χ1n) is 6.68. The summed E-state index contributed by atoms with van der Waals surface area (Å²) in [6.45, 7) is 1.74. The summed E-state index contributed by atoms with van der Waals surface area (Å²) in [5.41, 5.74) is 0.910. The van der Waals surface area contributed by atoms with Crippen LogP contribution in [0.15, 0.2) is 30.6 Å². The van der Waals surface area contributed by atoms with Crippen molar-refractivity contribution in [1.82, 2.24) is 19.9 Å². The monoisotopic (exact) mass is 323 g/mol. The van der Waals surface area contributed by atoms with Gasteiger partial charge in [0.2, 0.25) is 5.82 Å². The third kappa shape index (κ3) is 3.03. The number of fused-ring (bicyclic) bond motifs is 1. The van der Waals surface area contributed by atoms with Gasteiger partial charge in [-0.25, -0.2) is 15.0 Å². The number of halogens is 3. The maximum Gasteiger partial charge on any atom is 0.451 e. The van der Waals surface area contributed by atoms with Crippen LogP contribution in [-0.4, -0.2) is 25.0 Å². The number of phenolic OH excluding ortho intramolecular Hbond substituents is 1. The number of rotatable bonds is 3. The van der Waals surface area contributed by atoms with Crippen LogP contribution in [0, 0.1) is 0 Å². The maximum absolute atomic E-state index is 12.9. The zero-order valence-corrected chi connectivity index (χ0v) is 11.9.